The van der Waals surface area contributed by atoms with Crippen molar-refractivity contribution in [2.75, 3.05) is 5.32 Å². The van der Waals surface area contributed by atoms with Gasteiger partial charge >= 0.3 is 0 Å². The summed E-state index contributed by atoms with van der Waals surface area (Å²) in [6.45, 7) is 7.01. The number of aryl methyl sites for hydroxylation is 3. The summed E-state index contributed by atoms with van der Waals surface area (Å²) in [6.07, 6.45) is 0.614. The van der Waals surface area contributed by atoms with Crippen molar-refractivity contribution in [2.45, 2.75) is 33.8 Å². The minimum Gasteiger partial charge on any atom is -0.381 e. The third kappa shape index (κ3) is 4.80. The Morgan fingerprint density at radius 1 is 1.23 bits per heavy atom. The van der Waals surface area contributed by atoms with Crippen LogP contribution in [0.2, 0.25) is 0 Å². The number of amides is 1. The van der Waals surface area contributed by atoms with Crippen molar-refractivity contribution in [1.29, 1.82) is 0 Å². The standard InChI is InChI=1S/C21H23FN6O2/c1-12-5-7-17(10-18(12)22)25-21(29)15(4)30-27-20(23)16-6-8-19(24-11-16)28-14(3)9-13(2)26-28/h5-11,15H,1-4H3,(H2,23,27)(H,25,29). The highest BCUT2D eigenvalue weighted by Crippen LogP contribution is 2.14. The summed E-state index contributed by atoms with van der Waals surface area (Å²) in [5, 5.41) is 10.8. The minimum absolute atomic E-state index is 0.0726. The Labute approximate surface area is 173 Å². The summed E-state index contributed by atoms with van der Waals surface area (Å²) in [5.41, 5.74) is 9.16. The van der Waals surface area contributed by atoms with Crippen LogP contribution in [0, 0.1) is 26.6 Å². The first-order chi connectivity index (χ1) is 14.2. The molecule has 3 rings (SSSR count). The molecule has 8 nitrogen and oxygen atoms in total. The van der Waals surface area contributed by atoms with Gasteiger partial charge in [0.2, 0.25) is 6.10 Å². The third-order valence-electron chi connectivity index (χ3n) is 4.39. The number of rotatable bonds is 6. The van der Waals surface area contributed by atoms with Crippen molar-refractivity contribution < 1.29 is 14.0 Å². The highest BCUT2D eigenvalue weighted by Gasteiger charge is 2.15. The van der Waals surface area contributed by atoms with E-state index >= 15 is 0 Å². The average molecular weight is 410 g/mol. The van der Waals surface area contributed by atoms with E-state index in [-0.39, 0.29) is 5.84 Å². The van der Waals surface area contributed by atoms with E-state index in [1.54, 1.807) is 42.1 Å². The number of benzene rings is 1. The first-order valence-electron chi connectivity index (χ1n) is 9.31. The van der Waals surface area contributed by atoms with Gasteiger partial charge in [0.05, 0.1) is 5.69 Å². The van der Waals surface area contributed by atoms with Crippen LogP contribution in [0.4, 0.5) is 10.1 Å². The van der Waals surface area contributed by atoms with Gasteiger partial charge < -0.3 is 15.9 Å². The van der Waals surface area contributed by atoms with Crippen molar-refractivity contribution in [1.82, 2.24) is 14.8 Å². The quantitative estimate of drug-likeness (QED) is 0.369. The second-order valence-corrected chi connectivity index (χ2v) is 6.92. The Morgan fingerprint density at radius 2 is 2.00 bits per heavy atom. The van der Waals surface area contributed by atoms with E-state index in [9.17, 15) is 9.18 Å². The molecule has 0 aliphatic rings. The largest absolute Gasteiger partial charge is 0.381 e. The van der Waals surface area contributed by atoms with Crippen molar-refractivity contribution >= 4 is 17.4 Å². The van der Waals surface area contributed by atoms with Crippen LogP contribution in [-0.2, 0) is 9.63 Å². The average Bonchev–Trinajstić information content (AvgIpc) is 3.06. The van der Waals surface area contributed by atoms with E-state index in [4.69, 9.17) is 10.6 Å². The Bertz CT molecular complexity index is 1090. The molecule has 1 atom stereocenters. The Morgan fingerprint density at radius 3 is 2.60 bits per heavy atom. The maximum absolute atomic E-state index is 13.6. The molecule has 1 unspecified atom stereocenters. The van der Waals surface area contributed by atoms with E-state index in [1.807, 2.05) is 19.9 Å². The van der Waals surface area contributed by atoms with E-state index in [0.29, 0.717) is 22.6 Å². The van der Waals surface area contributed by atoms with Gasteiger partial charge in [0.15, 0.2) is 11.7 Å². The number of nitrogens with zero attached hydrogens (tertiary/aromatic N) is 4. The summed E-state index contributed by atoms with van der Waals surface area (Å²) in [5.74, 6) is -0.160. The van der Waals surface area contributed by atoms with Crippen LogP contribution in [0.3, 0.4) is 0 Å². The first-order valence-corrected chi connectivity index (χ1v) is 9.31. The van der Waals surface area contributed by atoms with Gasteiger partial charge in [-0.15, -0.1) is 0 Å². The van der Waals surface area contributed by atoms with Crippen LogP contribution < -0.4 is 11.1 Å². The summed E-state index contributed by atoms with van der Waals surface area (Å²) in [4.78, 5) is 21.7. The van der Waals surface area contributed by atoms with Gasteiger partial charge in [-0.3, -0.25) is 4.79 Å². The molecule has 3 aromatic rings. The second-order valence-electron chi connectivity index (χ2n) is 6.92. The van der Waals surface area contributed by atoms with Crippen molar-refractivity contribution in [3.8, 4) is 5.82 Å². The molecular formula is C21H23FN6O2. The van der Waals surface area contributed by atoms with Crippen LogP contribution in [0.15, 0.2) is 47.8 Å². The molecule has 156 valence electrons. The molecule has 0 aliphatic carbocycles. The molecular weight excluding hydrogens is 387 g/mol. The highest BCUT2D eigenvalue weighted by molar-refractivity contribution is 5.97. The lowest BCUT2D eigenvalue weighted by Gasteiger charge is -2.12. The lowest BCUT2D eigenvalue weighted by molar-refractivity contribution is -0.126. The predicted octanol–water partition coefficient (Wildman–Crippen LogP) is 3.00. The minimum atomic E-state index is -0.935. The molecule has 2 aromatic heterocycles. The fourth-order valence-corrected chi connectivity index (χ4v) is 2.67. The Kier molecular flexibility index (Phi) is 6.10. The van der Waals surface area contributed by atoms with Crippen LogP contribution in [0.25, 0.3) is 5.82 Å². The molecule has 30 heavy (non-hydrogen) atoms. The smallest absolute Gasteiger partial charge is 0.267 e. The first kappa shape index (κ1) is 21.0. The topological polar surface area (TPSA) is 107 Å². The Hall–Kier alpha value is -3.75. The van der Waals surface area contributed by atoms with Crippen molar-refractivity contribution in [3.05, 3.63) is 70.9 Å². The van der Waals surface area contributed by atoms with Gasteiger partial charge in [0, 0.05) is 23.1 Å². The molecule has 1 aromatic carbocycles. The van der Waals surface area contributed by atoms with Crippen LogP contribution >= 0.6 is 0 Å². The van der Waals surface area contributed by atoms with Gasteiger partial charge in [0.1, 0.15) is 5.82 Å². The number of aromatic nitrogens is 3. The molecule has 2 heterocycles. The molecule has 0 saturated carbocycles. The number of pyridine rings is 1. The van der Waals surface area contributed by atoms with E-state index < -0.39 is 17.8 Å². The summed E-state index contributed by atoms with van der Waals surface area (Å²) in [6, 6.07) is 9.89. The number of carbonyl (C=O) groups is 1. The van der Waals surface area contributed by atoms with Gasteiger partial charge in [-0.2, -0.15) is 5.10 Å². The monoisotopic (exact) mass is 410 g/mol. The fraction of sp³-hybridized carbons (Fsp3) is 0.238. The number of hydrogen-bond donors (Lipinski definition) is 2. The van der Waals surface area contributed by atoms with Crippen molar-refractivity contribution in [2.24, 2.45) is 10.9 Å². The highest BCUT2D eigenvalue weighted by atomic mass is 19.1. The number of carbonyl (C=O) groups excluding carboxylic acids is 1. The molecule has 0 saturated heterocycles. The number of halogens is 1. The van der Waals surface area contributed by atoms with Gasteiger partial charge in [0.25, 0.3) is 5.91 Å². The van der Waals surface area contributed by atoms with Gasteiger partial charge in [-0.1, -0.05) is 11.2 Å². The second kappa shape index (κ2) is 8.73. The summed E-state index contributed by atoms with van der Waals surface area (Å²) < 4.78 is 15.3. The van der Waals surface area contributed by atoms with Crippen molar-refractivity contribution in [3.63, 3.8) is 0 Å². The van der Waals surface area contributed by atoms with E-state index in [2.05, 4.69) is 20.6 Å². The maximum Gasteiger partial charge on any atom is 0.267 e. The summed E-state index contributed by atoms with van der Waals surface area (Å²) in [7, 11) is 0. The van der Waals surface area contributed by atoms with Gasteiger partial charge in [-0.25, -0.2) is 14.1 Å². The van der Waals surface area contributed by atoms with E-state index in [1.165, 1.54) is 13.0 Å². The molecule has 1 amide bonds. The SMILES string of the molecule is Cc1cc(C)n(-c2ccc(/C(N)=N\OC(C)C(=O)Nc3ccc(C)c(F)c3)cn2)n1. The molecule has 0 spiro atoms. The molecule has 0 fully saturated rings. The fourth-order valence-electron chi connectivity index (χ4n) is 2.67. The number of amidine groups is 1. The Balaban J connectivity index is 1.62. The lowest BCUT2D eigenvalue weighted by atomic mass is 10.2. The zero-order valence-electron chi connectivity index (χ0n) is 17.2. The number of nitrogens with one attached hydrogen (secondary N) is 1. The van der Waals surface area contributed by atoms with Crippen LogP contribution in [0.5, 0.6) is 0 Å². The van der Waals surface area contributed by atoms with Gasteiger partial charge in [-0.05, 0) is 63.6 Å². The number of anilines is 1. The number of hydrogen-bond acceptors (Lipinski definition) is 5. The van der Waals surface area contributed by atoms with Crippen LogP contribution in [0.1, 0.15) is 29.4 Å². The zero-order chi connectivity index (χ0) is 21.8. The number of oxime groups is 1. The zero-order valence-corrected chi connectivity index (χ0v) is 17.2. The molecule has 3 N–H and O–H groups in total. The summed E-state index contributed by atoms with van der Waals surface area (Å²) >= 11 is 0. The lowest BCUT2D eigenvalue weighted by Crippen LogP contribution is -2.27. The third-order valence-corrected chi connectivity index (χ3v) is 4.39. The predicted molar refractivity (Wildman–Crippen MR) is 112 cm³/mol. The molecule has 0 bridgehead atoms. The maximum atomic E-state index is 13.6. The normalized spacial score (nSPS) is 12.5. The van der Waals surface area contributed by atoms with Crippen LogP contribution in [-0.4, -0.2) is 32.6 Å². The molecule has 9 heteroatoms. The molecule has 0 aliphatic heterocycles. The molecule has 0 radical (unpaired) electrons. The van der Waals surface area contributed by atoms with E-state index in [0.717, 1.165) is 11.4 Å². The number of nitrogens with two attached hydrogens (primary N) is 1.